The fraction of sp³-hybridized carbons (Fsp3) is 0.0968. The summed E-state index contributed by atoms with van der Waals surface area (Å²) in [4.78, 5) is 18.4. The van der Waals surface area contributed by atoms with Gasteiger partial charge < -0.3 is 4.90 Å². The predicted octanol–water partition coefficient (Wildman–Crippen LogP) is 6.65. The first-order chi connectivity index (χ1) is 20.2. The lowest BCUT2D eigenvalue weighted by molar-refractivity contribution is -0.141. The van der Waals surface area contributed by atoms with Crippen LogP contribution < -0.4 is 9.62 Å². The monoisotopic (exact) mass is 611 g/mol. The minimum absolute atomic E-state index is 0.0678. The van der Waals surface area contributed by atoms with Gasteiger partial charge in [0.25, 0.3) is 5.91 Å². The number of hydrogen-bond donors (Lipinski definition) is 1. The van der Waals surface area contributed by atoms with E-state index in [0.717, 1.165) is 42.7 Å². The van der Waals surface area contributed by atoms with Crippen LogP contribution in [-0.2, 0) is 27.5 Å². The van der Waals surface area contributed by atoms with Gasteiger partial charge >= 0.3 is 6.18 Å². The van der Waals surface area contributed by atoms with Crippen molar-refractivity contribution < 1.29 is 35.2 Å². The average molecular weight is 612 g/mol. The van der Waals surface area contributed by atoms with E-state index in [9.17, 15) is 35.2 Å². The van der Waals surface area contributed by atoms with Gasteiger partial charge in [-0.05, 0) is 54.1 Å². The van der Waals surface area contributed by atoms with Gasteiger partial charge in [0, 0.05) is 22.9 Å². The van der Waals surface area contributed by atoms with E-state index in [1.807, 2.05) is 4.72 Å². The van der Waals surface area contributed by atoms with Gasteiger partial charge in [0.1, 0.15) is 17.3 Å². The Balaban J connectivity index is 1.73. The standard InChI is InChI=1S/C31H22F5N3O3S/c1-3-21-16-20(17-26(33)30(21)38-43(2,41)42)19-39(25-10-5-4-6-11-25)28(40)15-13-22-12-14-27(31(34,35)36)37-29(22)23-8-7-9-24(32)18-23/h1,4-18,38H,19H2,2H3. The van der Waals surface area contributed by atoms with E-state index in [2.05, 4.69) is 10.9 Å². The molecule has 220 valence electrons. The maximum atomic E-state index is 14.9. The van der Waals surface area contributed by atoms with Crippen molar-refractivity contribution in [3.8, 4) is 23.6 Å². The number of hydrogen-bond acceptors (Lipinski definition) is 4. The Morgan fingerprint density at radius 3 is 2.37 bits per heavy atom. The molecule has 4 rings (SSSR count). The van der Waals surface area contributed by atoms with Crippen molar-refractivity contribution >= 4 is 33.4 Å². The number of sulfonamides is 1. The number of carbonyl (C=O) groups is 1. The number of alkyl halides is 3. The number of benzene rings is 3. The molecule has 43 heavy (non-hydrogen) atoms. The molecule has 6 nitrogen and oxygen atoms in total. The lowest BCUT2D eigenvalue weighted by atomic mass is 10.0. The smallest absolute Gasteiger partial charge is 0.304 e. The number of carbonyl (C=O) groups excluding carboxylic acids is 1. The van der Waals surface area contributed by atoms with Crippen LogP contribution in [0.4, 0.5) is 33.3 Å². The number of pyridine rings is 1. The number of terminal acetylenes is 1. The molecule has 3 aromatic carbocycles. The molecule has 1 N–H and O–H groups in total. The van der Waals surface area contributed by atoms with E-state index in [-0.39, 0.29) is 34.5 Å². The van der Waals surface area contributed by atoms with Gasteiger partial charge in [-0.1, -0.05) is 42.3 Å². The summed E-state index contributed by atoms with van der Waals surface area (Å²) in [5.41, 5.74) is -1.09. The van der Waals surface area contributed by atoms with Gasteiger partial charge in [-0.15, -0.1) is 6.42 Å². The van der Waals surface area contributed by atoms with Crippen molar-refractivity contribution in [3.05, 3.63) is 119 Å². The molecule has 4 aromatic rings. The van der Waals surface area contributed by atoms with Crippen molar-refractivity contribution in [1.82, 2.24) is 4.98 Å². The molecule has 0 aliphatic carbocycles. The topological polar surface area (TPSA) is 79.4 Å². The van der Waals surface area contributed by atoms with Crippen LogP contribution in [-0.4, -0.2) is 25.6 Å². The molecule has 0 atom stereocenters. The molecule has 0 spiro atoms. The Morgan fingerprint density at radius 1 is 1.02 bits per heavy atom. The van der Waals surface area contributed by atoms with Crippen LogP contribution in [0, 0.1) is 24.0 Å². The quantitative estimate of drug-likeness (QED) is 0.138. The van der Waals surface area contributed by atoms with Gasteiger partial charge in [0.2, 0.25) is 10.0 Å². The summed E-state index contributed by atoms with van der Waals surface area (Å²) in [7, 11) is -3.84. The first-order valence-electron chi connectivity index (χ1n) is 12.4. The summed E-state index contributed by atoms with van der Waals surface area (Å²) >= 11 is 0. The second-order valence-electron chi connectivity index (χ2n) is 9.25. The molecule has 0 saturated heterocycles. The largest absolute Gasteiger partial charge is 0.433 e. The van der Waals surface area contributed by atoms with Crippen LogP contribution in [0.3, 0.4) is 0 Å². The van der Waals surface area contributed by atoms with Crippen LogP contribution in [0.15, 0.2) is 84.9 Å². The third-order valence-electron chi connectivity index (χ3n) is 5.99. The Kier molecular flexibility index (Phi) is 8.96. The SMILES string of the molecule is C#Cc1cc(CN(C(=O)C=Cc2ccc(C(F)(F)F)nc2-c2cccc(F)c2)c2ccccc2)cc(F)c1NS(C)(=O)=O. The van der Waals surface area contributed by atoms with E-state index in [0.29, 0.717) is 5.69 Å². The molecule has 0 fully saturated rings. The van der Waals surface area contributed by atoms with Gasteiger partial charge in [-0.25, -0.2) is 22.2 Å². The van der Waals surface area contributed by atoms with Crippen LogP contribution in [0.2, 0.25) is 0 Å². The lowest BCUT2D eigenvalue weighted by Crippen LogP contribution is -2.28. The minimum Gasteiger partial charge on any atom is -0.304 e. The number of nitrogens with one attached hydrogen (secondary N) is 1. The number of anilines is 2. The molecule has 0 radical (unpaired) electrons. The zero-order valence-electron chi connectivity index (χ0n) is 22.4. The number of amides is 1. The zero-order chi connectivity index (χ0) is 31.4. The normalized spacial score (nSPS) is 11.7. The molecular formula is C31H22F5N3O3S. The second kappa shape index (κ2) is 12.5. The van der Waals surface area contributed by atoms with Crippen LogP contribution in [0.1, 0.15) is 22.4 Å². The van der Waals surface area contributed by atoms with Crippen LogP contribution in [0.5, 0.6) is 0 Å². The first-order valence-corrected chi connectivity index (χ1v) is 14.3. The van der Waals surface area contributed by atoms with Crippen molar-refractivity contribution in [3.63, 3.8) is 0 Å². The summed E-state index contributed by atoms with van der Waals surface area (Å²) in [6, 6.07) is 17.4. The maximum Gasteiger partial charge on any atom is 0.433 e. The summed E-state index contributed by atoms with van der Waals surface area (Å²) in [6.45, 7) is -0.208. The molecule has 1 aromatic heterocycles. The second-order valence-corrected chi connectivity index (χ2v) is 11.0. The molecule has 0 saturated carbocycles. The Labute approximate surface area is 244 Å². The van der Waals surface area contributed by atoms with Gasteiger partial charge in [-0.3, -0.25) is 9.52 Å². The minimum atomic E-state index is -4.76. The fourth-order valence-electron chi connectivity index (χ4n) is 4.12. The maximum absolute atomic E-state index is 14.9. The molecule has 0 bridgehead atoms. The number of rotatable bonds is 8. The molecular weight excluding hydrogens is 589 g/mol. The van der Waals surface area contributed by atoms with Crippen molar-refractivity contribution in [2.45, 2.75) is 12.7 Å². The summed E-state index contributed by atoms with van der Waals surface area (Å²) in [6.07, 6.45) is 3.91. The summed E-state index contributed by atoms with van der Waals surface area (Å²) in [5, 5.41) is 0. The molecule has 0 aliphatic rings. The first kappa shape index (κ1) is 30.9. The highest BCUT2D eigenvalue weighted by Crippen LogP contribution is 2.32. The Bertz CT molecular complexity index is 1850. The van der Waals surface area contributed by atoms with E-state index in [1.54, 1.807) is 30.3 Å². The predicted molar refractivity (Wildman–Crippen MR) is 154 cm³/mol. The molecule has 1 heterocycles. The van der Waals surface area contributed by atoms with E-state index in [4.69, 9.17) is 6.42 Å². The van der Waals surface area contributed by atoms with Crippen molar-refractivity contribution in [1.29, 1.82) is 0 Å². The Morgan fingerprint density at radius 2 is 1.74 bits per heavy atom. The number of aromatic nitrogens is 1. The van der Waals surface area contributed by atoms with Gasteiger partial charge in [0.05, 0.1) is 29.7 Å². The van der Waals surface area contributed by atoms with E-state index in [1.165, 1.54) is 29.2 Å². The molecule has 0 unspecified atom stereocenters. The molecule has 0 aliphatic heterocycles. The summed E-state index contributed by atoms with van der Waals surface area (Å²) < 4.78 is 94.5. The zero-order valence-corrected chi connectivity index (χ0v) is 23.2. The highest BCUT2D eigenvalue weighted by atomic mass is 32.2. The molecule has 1 amide bonds. The van der Waals surface area contributed by atoms with Crippen LogP contribution >= 0.6 is 0 Å². The number of nitrogens with zero attached hydrogens (tertiary/aromatic N) is 2. The number of halogens is 5. The Hall–Kier alpha value is -5.02. The van der Waals surface area contributed by atoms with Gasteiger partial charge in [-0.2, -0.15) is 13.2 Å². The number of para-hydroxylation sites is 1. The van der Waals surface area contributed by atoms with Crippen molar-refractivity contribution in [2.24, 2.45) is 0 Å². The molecule has 12 heteroatoms. The average Bonchev–Trinajstić information content (AvgIpc) is 2.95. The van der Waals surface area contributed by atoms with Crippen LogP contribution in [0.25, 0.3) is 17.3 Å². The lowest BCUT2D eigenvalue weighted by Gasteiger charge is -2.22. The third kappa shape index (κ3) is 7.84. The van der Waals surface area contributed by atoms with E-state index < -0.39 is 45.1 Å². The van der Waals surface area contributed by atoms with Gasteiger partial charge in [0.15, 0.2) is 0 Å². The van der Waals surface area contributed by atoms with Crippen molar-refractivity contribution in [2.75, 3.05) is 15.9 Å². The van der Waals surface area contributed by atoms with E-state index >= 15 is 0 Å². The summed E-state index contributed by atoms with van der Waals surface area (Å²) in [5.74, 6) is -0.0523. The highest BCUT2D eigenvalue weighted by Gasteiger charge is 2.33. The third-order valence-corrected chi connectivity index (χ3v) is 6.56. The highest BCUT2D eigenvalue weighted by molar-refractivity contribution is 7.92. The fourth-order valence-corrected chi connectivity index (χ4v) is 4.70.